The van der Waals surface area contributed by atoms with Crippen LogP contribution in [0.25, 0.3) is 15.3 Å². The van der Waals surface area contributed by atoms with E-state index < -0.39 is 6.04 Å². The molecule has 0 radical (unpaired) electrons. The predicted octanol–water partition coefficient (Wildman–Crippen LogP) is 3.94. The Morgan fingerprint density at radius 1 is 1.09 bits per heavy atom. The molecule has 164 valence electrons. The summed E-state index contributed by atoms with van der Waals surface area (Å²) in [7, 11) is 0. The lowest BCUT2D eigenvalue weighted by Gasteiger charge is -2.20. The molecule has 0 aliphatic rings. The van der Waals surface area contributed by atoms with Crippen molar-refractivity contribution in [1.29, 1.82) is 0 Å². The highest BCUT2D eigenvalue weighted by Crippen LogP contribution is 2.26. The maximum atomic E-state index is 13.0. The molecule has 7 nitrogen and oxygen atoms in total. The minimum Gasteiger partial charge on any atom is -0.350 e. The van der Waals surface area contributed by atoms with Crippen LogP contribution in [0.5, 0.6) is 0 Å². The number of nitrogens with one attached hydrogen (secondary N) is 2. The second-order valence-electron chi connectivity index (χ2n) is 8.00. The molecular weight excluding hydrogens is 422 g/mol. The molecule has 1 unspecified atom stereocenters. The van der Waals surface area contributed by atoms with Crippen molar-refractivity contribution in [2.45, 2.75) is 32.9 Å². The number of rotatable bonds is 8. The van der Waals surface area contributed by atoms with Gasteiger partial charge in [0.05, 0.1) is 10.2 Å². The number of hydrogen-bond acceptors (Lipinski definition) is 5. The van der Waals surface area contributed by atoms with Gasteiger partial charge >= 0.3 is 0 Å². The normalized spacial score (nSPS) is 12.1. The summed E-state index contributed by atoms with van der Waals surface area (Å²) in [6.45, 7) is 4.45. The highest BCUT2D eigenvalue weighted by atomic mass is 32.1. The minimum atomic E-state index is -0.614. The van der Waals surface area contributed by atoms with Crippen LogP contribution in [-0.4, -0.2) is 32.4 Å². The van der Waals surface area contributed by atoms with Crippen LogP contribution < -0.4 is 10.6 Å². The van der Waals surface area contributed by atoms with Gasteiger partial charge in [0.2, 0.25) is 5.91 Å². The lowest BCUT2D eigenvalue weighted by atomic mass is 10.0. The van der Waals surface area contributed by atoms with Gasteiger partial charge in [-0.1, -0.05) is 25.2 Å². The summed E-state index contributed by atoms with van der Waals surface area (Å²) in [6, 6.07) is 12.4. The molecule has 0 aliphatic carbocycles. The van der Waals surface area contributed by atoms with E-state index in [9.17, 15) is 9.59 Å². The summed E-state index contributed by atoms with van der Waals surface area (Å²) in [5.41, 5.74) is 2.30. The molecule has 1 atom stereocenters. The van der Waals surface area contributed by atoms with E-state index in [-0.39, 0.29) is 17.7 Å². The molecule has 0 saturated carbocycles. The Morgan fingerprint density at radius 3 is 2.56 bits per heavy atom. The van der Waals surface area contributed by atoms with Crippen molar-refractivity contribution in [3.05, 3.63) is 78.4 Å². The molecule has 3 aromatic heterocycles. The van der Waals surface area contributed by atoms with E-state index in [2.05, 4.69) is 20.6 Å². The van der Waals surface area contributed by atoms with Crippen molar-refractivity contribution in [3.8, 4) is 5.13 Å². The molecule has 32 heavy (non-hydrogen) atoms. The first-order valence-corrected chi connectivity index (χ1v) is 11.3. The molecule has 1 aromatic carbocycles. The molecule has 0 fully saturated rings. The van der Waals surface area contributed by atoms with Crippen molar-refractivity contribution < 1.29 is 9.59 Å². The Labute approximate surface area is 190 Å². The maximum absolute atomic E-state index is 13.0. The second kappa shape index (κ2) is 9.74. The monoisotopic (exact) mass is 447 g/mol. The maximum Gasteiger partial charge on any atom is 0.251 e. The van der Waals surface area contributed by atoms with Crippen LogP contribution in [0.1, 0.15) is 36.2 Å². The van der Waals surface area contributed by atoms with Crippen LogP contribution in [0.15, 0.2) is 67.3 Å². The third-order valence-electron chi connectivity index (χ3n) is 5.01. The topological polar surface area (TPSA) is 88.9 Å². The number of pyridine rings is 1. The Hall–Kier alpha value is -3.52. The fourth-order valence-electron chi connectivity index (χ4n) is 3.38. The molecular formula is C24H25N5O2S. The minimum absolute atomic E-state index is 0.197. The van der Waals surface area contributed by atoms with E-state index in [0.29, 0.717) is 18.5 Å². The summed E-state index contributed by atoms with van der Waals surface area (Å²) in [6.07, 6.45) is 7.80. The number of benzene rings is 1. The predicted molar refractivity (Wildman–Crippen MR) is 126 cm³/mol. The molecule has 4 rings (SSSR count). The third kappa shape index (κ3) is 5.20. The molecule has 3 heterocycles. The standard InChI is InChI=1S/C24H25N5O2S/c1-16(2)13-20(23(31)26-15-17-7-9-25-10-8-17)27-22(30)18-5-6-19-21(14-18)32-24(28-19)29-11-3-4-12-29/h3-12,14,16,20H,13,15H2,1-2H3,(H,26,31)(H,27,30). The van der Waals surface area contributed by atoms with Gasteiger partial charge in [-0.2, -0.15) is 0 Å². The highest BCUT2D eigenvalue weighted by Gasteiger charge is 2.23. The van der Waals surface area contributed by atoms with Gasteiger partial charge in [0, 0.05) is 36.9 Å². The van der Waals surface area contributed by atoms with Gasteiger partial charge in [-0.05, 0) is 60.4 Å². The van der Waals surface area contributed by atoms with Crippen molar-refractivity contribution in [3.63, 3.8) is 0 Å². The number of carbonyl (C=O) groups excluding carboxylic acids is 2. The van der Waals surface area contributed by atoms with Crippen molar-refractivity contribution in [2.24, 2.45) is 5.92 Å². The molecule has 8 heteroatoms. The van der Waals surface area contributed by atoms with E-state index in [4.69, 9.17) is 0 Å². The number of thiazole rings is 1. The van der Waals surface area contributed by atoms with Gasteiger partial charge in [-0.25, -0.2) is 4.98 Å². The molecule has 0 bridgehead atoms. The summed E-state index contributed by atoms with van der Waals surface area (Å²) in [5, 5.41) is 6.68. The Morgan fingerprint density at radius 2 is 1.84 bits per heavy atom. The zero-order valence-corrected chi connectivity index (χ0v) is 18.8. The molecule has 0 spiro atoms. The molecule has 0 aliphatic heterocycles. The number of aromatic nitrogens is 3. The van der Waals surface area contributed by atoms with Crippen LogP contribution >= 0.6 is 11.3 Å². The van der Waals surface area contributed by atoms with Crippen molar-refractivity contribution in [1.82, 2.24) is 25.2 Å². The van der Waals surface area contributed by atoms with Crippen LogP contribution in [0.4, 0.5) is 0 Å². The van der Waals surface area contributed by atoms with Gasteiger partial charge < -0.3 is 15.2 Å². The highest BCUT2D eigenvalue weighted by molar-refractivity contribution is 7.20. The van der Waals surface area contributed by atoms with E-state index in [1.807, 2.05) is 67.2 Å². The summed E-state index contributed by atoms with van der Waals surface area (Å²) in [4.78, 5) is 34.4. The number of hydrogen-bond donors (Lipinski definition) is 2. The zero-order valence-electron chi connectivity index (χ0n) is 18.0. The first-order valence-electron chi connectivity index (χ1n) is 10.5. The van der Waals surface area contributed by atoms with Gasteiger partial charge in [0.1, 0.15) is 6.04 Å². The SMILES string of the molecule is CC(C)CC(NC(=O)c1ccc2nc(-n3cccc3)sc2c1)C(=O)NCc1ccncc1. The van der Waals surface area contributed by atoms with Crippen molar-refractivity contribution in [2.75, 3.05) is 0 Å². The quantitative estimate of drug-likeness (QED) is 0.428. The first kappa shape index (κ1) is 21.7. The number of nitrogens with zero attached hydrogens (tertiary/aromatic N) is 3. The summed E-state index contributed by atoms with van der Waals surface area (Å²) < 4.78 is 2.86. The van der Waals surface area contributed by atoms with E-state index in [1.54, 1.807) is 18.5 Å². The first-order chi connectivity index (χ1) is 15.5. The lowest BCUT2D eigenvalue weighted by molar-refractivity contribution is -0.123. The van der Waals surface area contributed by atoms with Crippen LogP contribution in [-0.2, 0) is 11.3 Å². The van der Waals surface area contributed by atoms with Crippen molar-refractivity contribution >= 4 is 33.4 Å². The summed E-state index contributed by atoms with van der Waals surface area (Å²) in [5.74, 6) is -0.217. The zero-order chi connectivity index (χ0) is 22.5. The second-order valence-corrected chi connectivity index (χ2v) is 9.01. The van der Waals surface area contributed by atoms with Gasteiger partial charge in [-0.15, -0.1) is 0 Å². The summed E-state index contributed by atoms with van der Waals surface area (Å²) >= 11 is 1.52. The smallest absolute Gasteiger partial charge is 0.251 e. The Balaban J connectivity index is 1.47. The molecule has 0 saturated heterocycles. The van der Waals surface area contributed by atoms with Crippen LogP contribution in [0.3, 0.4) is 0 Å². The van der Waals surface area contributed by atoms with E-state index in [0.717, 1.165) is 20.9 Å². The molecule has 4 aromatic rings. The Kier molecular flexibility index (Phi) is 6.61. The fraction of sp³-hybridized carbons (Fsp3) is 0.250. The third-order valence-corrected chi connectivity index (χ3v) is 6.04. The fourth-order valence-corrected chi connectivity index (χ4v) is 4.36. The average molecular weight is 448 g/mol. The molecule has 2 amide bonds. The van der Waals surface area contributed by atoms with Gasteiger partial charge in [-0.3, -0.25) is 14.6 Å². The number of carbonyl (C=O) groups is 2. The average Bonchev–Trinajstić information content (AvgIpc) is 3.46. The van der Waals surface area contributed by atoms with Gasteiger partial charge in [0.25, 0.3) is 5.91 Å². The van der Waals surface area contributed by atoms with E-state index >= 15 is 0 Å². The number of amides is 2. The Bertz CT molecular complexity index is 1200. The van der Waals surface area contributed by atoms with Crippen LogP contribution in [0, 0.1) is 5.92 Å². The number of fused-ring (bicyclic) bond motifs is 1. The largest absolute Gasteiger partial charge is 0.350 e. The van der Waals surface area contributed by atoms with Crippen LogP contribution in [0.2, 0.25) is 0 Å². The van der Waals surface area contributed by atoms with E-state index in [1.165, 1.54) is 11.3 Å². The molecule has 2 N–H and O–H groups in total. The lowest BCUT2D eigenvalue weighted by Crippen LogP contribution is -2.47. The van der Waals surface area contributed by atoms with Gasteiger partial charge in [0.15, 0.2) is 5.13 Å².